The summed E-state index contributed by atoms with van der Waals surface area (Å²) in [6, 6.07) is 8.92. The van der Waals surface area contributed by atoms with E-state index >= 15 is 0 Å². The molecule has 0 aliphatic carbocycles. The molecule has 0 N–H and O–H groups in total. The zero-order valence-corrected chi connectivity index (χ0v) is 9.90. The Bertz CT molecular complexity index is 420. The molecular formula is C13H15FO3. The van der Waals surface area contributed by atoms with Gasteiger partial charge in [-0.1, -0.05) is 37.3 Å². The molecule has 0 amide bonds. The van der Waals surface area contributed by atoms with Crippen molar-refractivity contribution in [3.8, 4) is 0 Å². The van der Waals surface area contributed by atoms with E-state index in [4.69, 9.17) is 9.47 Å². The fourth-order valence-corrected chi connectivity index (χ4v) is 2.10. The summed E-state index contributed by atoms with van der Waals surface area (Å²) in [5.74, 6) is -3.27. The highest BCUT2D eigenvalue weighted by atomic mass is 19.2. The molecule has 4 heteroatoms. The molecule has 0 bridgehead atoms. The number of benzene rings is 1. The van der Waals surface area contributed by atoms with Crippen LogP contribution < -0.4 is 0 Å². The summed E-state index contributed by atoms with van der Waals surface area (Å²) < 4.78 is 24.2. The second-order valence-corrected chi connectivity index (χ2v) is 3.96. The first-order valence-corrected chi connectivity index (χ1v) is 5.72. The first-order valence-electron chi connectivity index (χ1n) is 5.72. The Balaban J connectivity index is 2.29. The van der Waals surface area contributed by atoms with Gasteiger partial charge in [0.15, 0.2) is 5.60 Å². The average molecular weight is 238 g/mol. The largest absolute Gasteiger partial charge is 0.462 e. The molecule has 0 spiro atoms. The van der Waals surface area contributed by atoms with Crippen molar-refractivity contribution < 1.29 is 18.7 Å². The lowest BCUT2D eigenvalue weighted by Gasteiger charge is -2.12. The van der Waals surface area contributed by atoms with Crippen molar-refractivity contribution in [2.24, 2.45) is 0 Å². The molecule has 1 aliphatic heterocycles. The number of ether oxygens (including phenoxy) is 2. The lowest BCUT2D eigenvalue weighted by Crippen LogP contribution is -2.30. The minimum atomic E-state index is -2.33. The first-order chi connectivity index (χ1) is 8.10. The van der Waals surface area contributed by atoms with Gasteiger partial charge < -0.3 is 9.47 Å². The van der Waals surface area contributed by atoms with Gasteiger partial charge in [-0.3, -0.25) is 0 Å². The molecule has 2 unspecified atom stereocenters. The summed E-state index contributed by atoms with van der Waals surface area (Å²) in [4.78, 5) is 11.6. The average Bonchev–Trinajstić information content (AvgIpc) is 3.00. The summed E-state index contributed by atoms with van der Waals surface area (Å²) >= 11 is 0. The van der Waals surface area contributed by atoms with Crippen molar-refractivity contribution in [1.29, 1.82) is 0 Å². The van der Waals surface area contributed by atoms with E-state index in [-0.39, 0.29) is 6.61 Å². The van der Waals surface area contributed by atoms with E-state index in [0.29, 0.717) is 12.0 Å². The van der Waals surface area contributed by atoms with Gasteiger partial charge in [0.1, 0.15) is 0 Å². The van der Waals surface area contributed by atoms with Gasteiger partial charge in [0.2, 0.25) is 0 Å². The molecule has 1 heterocycles. The van der Waals surface area contributed by atoms with Crippen molar-refractivity contribution in [2.45, 2.75) is 31.7 Å². The number of alkyl halides is 1. The molecular weight excluding hydrogens is 223 g/mol. The normalized spacial score (nSPS) is 31.0. The standard InChI is InChI=1S/C13H15FO3/c1-3-12(10-8-6-5-7-9-10)13(14,17-12)11(15)16-4-2/h5-9H,3-4H2,1-2H3. The zero-order valence-electron chi connectivity index (χ0n) is 9.90. The first kappa shape index (κ1) is 12.0. The van der Waals surface area contributed by atoms with Gasteiger partial charge in [-0.15, -0.1) is 0 Å². The Morgan fingerprint density at radius 1 is 1.35 bits per heavy atom. The Morgan fingerprint density at radius 3 is 2.53 bits per heavy atom. The molecule has 1 aromatic carbocycles. The van der Waals surface area contributed by atoms with Crippen LogP contribution in [0.15, 0.2) is 30.3 Å². The lowest BCUT2D eigenvalue weighted by molar-refractivity contribution is -0.156. The predicted octanol–water partition coefficient (Wildman–Crippen LogP) is 2.55. The molecule has 3 nitrogen and oxygen atoms in total. The quantitative estimate of drug-likeness (QED) is 0.597. The number of hydrogen-bond acceptors (Lipinski definition) is 3. The van der Waals surface area contributed by atoms with Crippen LogP contribution in [0.3, 0.4) is 0 Å². The van der Waals surface area contributed by atoms with Crippen LogP contribution in [0.2, 0.25) is 0 Å². The van der Waals surface area contributed by atoms with Crippen molar-refractivity contribution in [2.75, 3.05) is 6.61 Å². The third-order valence-electron chi connectivity index (χ3n) is 3.07. The molecule has 1 aromatic rings. The van der Waals surface area contributed by atoms with E-state index in [2.05, 4.69) is 0 Å². The molecule has 0 aromatic heterocycles. The van der Waals surface area contributed by atoms with Crippen molar-refractivity contribution in [1.82, 2.24) is 0 Å². The summed E-state index contributed by atoms with van der Waals surface area (Å²) in [6.07, 6.45) is 0.381. The molecule has 0 radical (unpaired) electrons. The number of epoxide rings is 1. The molecule has 17 heavy (non-hydrogen) atoms. The van der Waals surface area contributed by atoms with Gasteiger partial charge >= 0.3 is 11.8 Å². The monoisotopic (exact) mass is 238 g/mol. The zero-order chi connectivity index (χ0) is 12.5. The number of rotatable bonds is 4. The topological polar surface area (TPSA) is 38.8 Å². The van der Waals surface area contributed by atoms with Crippen LogP contribution >= 0.6 is 0 Å². The fourth-order valence-electron chi connectivity index (χ4n) is 2.10. The van der Waals surface area contributed by atoms with Gasteiger partial charge in [-0.05, 0) is 18.9 Å². The smallest absolute Gasteiger partial charge is 0.375 e. The van der Waals surface area contributed by atoms with Gasteiger partial charge in [0.25, 0.3) is 0 Å². The maximum absolute atomic E-state index is 14.4. The molecule has 0 saturated carbocycles. The highest BCUT2D eigenvalue weighted by Crippen LogP contribution is 2.59. The van der Waals surface area contributed by atoms with Crippen molar-refractivity contribution >= 4 is 5.97 Å². The number of esters is 1. The summed E-state index contributed by atoms with van der Waals surface area (Å²) in [6.45, 7) is 3.57. The molecule has 1 saturated heterocycles. The van der Waals surface area contributed by atoms with E-state index < -0.39 is 17.4 Å². The van der Waals surface area contributed by atoms with Crippen LogP contribution in [-0.2, 0) is 19.9 Å². The number of hydrogen-bond donors (Lipinski definition) is 0. The molecule has 1 fully saturated rings. The van der Waals surface area contributed by atoms with Crippen LogP contribution in [0.1, 0.15) is 25.8 Å². The van der Waals surface area contributed by atoms with Crippen molar-refractivity contribution in [3.05, 3.63) is 35.9 Å². The highest BCUT2D eigenvalue weighted by molar-refractivity contribution is 5.83. The molecule has 92 valence electrons. The molecule has 2 atom stereocenters. The van der Waals surface area contributed by atoms with Crippen LogP contribution in [0.4, 0.5) is 4.39 Å². The fraction of sp³-hybridized carbons (Fsp3) is 0.462. The Labute approximate surface area is 99.5 Å². The molecule has 2 rings (SSSR count). The van der Waals surface area contributed by atoms with Gasteiger partial charge in [0.05, 0.1) is 6.61 Å². The van der Waals surface area contributed by atoms with Crippen LogP contribution in [-0.4, -0.2) is 18.4 Å². The van der Waals surface area contributed by atoms with E-state index in [1.807, 2.05) is 6.07 Å². The van der Waals surface area contributed by atoms with Crippen LogP contribution in [0.5, 0.6) is 0 Å². The summed E-state index contributed by atoms with van der Waals surface area (Å²) in [5.41, 5.74) is -0.515. The van der Waals surface area contributed by atoms with Gasteiger partial charge in [-0.2, -0.15) is 4.39 Å². The predicted molar refractivity (Wildman–Crippen MR) is 60.0 cm³/mol. The van der Waals surface area contributed by atoms with E-state index in [1.165, 1.54) is 0 Å². The summed E-state index contributed by atoms with van der Waals surface area (Å²) in [7, 11) is 0. The molecule has 1 aliphatic rings. The lowest BCUT2D eigenvalue weighted by atomic mass is 9.91. The Hall–Kier alpha value is -1.42. The van der Waals surface area contributed by atoms with Crippen LogP contribution in [0.25, 0.3) is 0 Å². The third-order valence-corrected chi connectivity index (χ3v) is 3.07. The minimum Gasteiger partial charge on any atom is -0.462 e. The van der Waals surface area contributed by atoms with Gasteiger partial charge in [-0.25, -0.2) is 4.79 Å². The number of carbonyl (C=O) groups is 1. The third kappa shape index (κ3) is 1.63. The Kier molecular flexibility index (Phi) is 2.91. The van der Waals surface area contributed by atoms with Crippen molar-refractivity contribution in [3.63, 3.8) is 0 Å². The second kappa shape index (κ2) is 4.11. The minimum absolute atomic E-state index is 0.141. The maximum atomic E-state index is 14.4. The summed E-state index contributed by atoms with van der Waals surface area (Å²) in [5, 5.41) is 0. The van der Waals surface area contributed by atoms with E-state index in [1.54, 1.807) is 38.1 Å². The number of halogens is 1. The van der Waals surface area contributed by atoms with E-state index in [9.17, 15) is 9.18 Å². The van der Waals surface area contributed by atoms with Crippen LogP contribution in [0, 0.1) is 0 Å². The highest BCUT2D eigenvalue weighted by Gasteiger charge is 2.77. The number of carbonyl (C=O) groups excluding carboxylic acids is 1. The second-order valence-electron chi connectivity index (χ2n) is 3.96. The Morgan fingerprint density at radius 2 is 2.00 bits per heavy atom. The van der Waals surface area contributed by atoms with Gasteiger partial charge in [0, 0.05) is 0 Å². The maximum Gasteiger partial charge on any atom is 0.375 e. The van der Waals surface area contributed by atoms with E-state index in [0.717, 1.165) is 0 Å². The SMILES string of the molecule is CCOC(=O)C1(F)OC1(CC)c1ccccc1.